The van der Waals surface area contributed by atoms with Gasteiger partial charge in [-0.05, 0) is 39.6 Å². The maximum Gasteiger partial charge on any atom is 0.255 e. The summed E-state index contributed by atoms with van der Waals surface area (Å²) in [5.74, 6) is -1.41. The molecule has 1 aliphatic rings. The second kappa shape index (κ2) is 9.09. The van der Waals surface area contributed by atoms with Crippen molar-refractivity contribution < 1.29 is 19.8 Å². The molecule has 30 heavy (non-hydrogen) atoms. The van der Waals surface area contributed by atoms with Crippen LogP contribution in [0.2, 0.25) is 0 Å². The summed E-state index contributed by atoms with van der Waals surface area (Å²) in [6, 6.07) is 13.7. The summed E-state index contributed by atoms with van der Waals surface area (Å²) in [5, 5.41) is 27.1. The minimum atomic E-state index is -1.81. The molecule has 1 aliphatic heterocycles. The number of aliphatic hydroxyl groups excluding tert-OH is 2. The zero-order chi connectivity index (χ0) is 21.1. The Labute approximate surface area is 182 Å². The summed E-state index contributed by atoms with van der Waals surface area (Å²) >= 11 is 3.22. The van der Waals surface area contributed by atoms with Crippen LogP contribution in [-0.2, 0) is 35.6 Å². The molecular weight excluding hydrogens is 420 g/mol. The molecule has 6 nitrogen and oxygen atoms in total. The van der Waals surface area contributed by atoms with Gasteiger partial charge in [-0.3, -0.25) is 9.59 Å². The Bertz CT molecular complexity index is 1010. The van der Waals surface area contributed by atoms with Crippen LogP contribution in [0.25, 0.3) is 0 Å². The van der Waals surface area contributed by atoms with E-state index >= 15 is 0 Å². The summed E-state index contributed by atoms with van der Waals surface area (Å²) in [6.45, 7) is 0.965. The molecule has 3 N–H and O–H groups in total. The highest BCUT2D eigenvalue weighted by Gasteiger charge is 2.35. The van der Waals surface area contributed by atoms with Crippen LogP contribution in [0, 0.1) is 0 Å². The lowest BCUT2D eigenvalue weighted by Gasteiger charge is -2.22. The lowest BCUT2D eigenvalue weighted by Crippen LogP contribution is -2.49. The van der Waals surface area contributed by atoms with E-state index in [4.69, 9.17) is 0 Å². The Balaban J connectivity index is 1.28. The number of rotatable bonds is 7. The van der Waals surface area contributed by atoms with Crippen molar-refractivity contribution in [1.29, 1.82) is 0 Å². The minimum Gasteiger partial charge on any atom is -0.380 e. The van der Waals surface area contributed by atoms with E-state index in [0.29, 0.717) is 13.1 Å². The van der Waals surface area contributed by atoms with Gasteiger partial charge in [-0.1, -0.05) is 30.3 Å². The summed E-state index contributed by atoms with van der Waals surface area (Å²) < 4.78 is 0. The molecule has 3 aromatic rings. The van der Waals surface area contributed by atoms with E-state index in [0.717, 1.165) is 28.0 Å². The van der Waals surface area contributed by atoms with Gasteiger partial charge in [0, 0.05) is 29.3 Å². The molecule has 0 aliphatic carbocycles. The number of hydrogen-bond acceptors (Lipinski definition) is 6. The number of carbonyl (C=O) groups is 2. The first-order chi connectivity index (χ1) is 14.5. The van der Waals surface area contributed by atoms with E-state index in [1.165, 1.54) is 21.1 Å². The molecule has 3 heterocycles. The van der Waals surface area contributed by atoms with E-state index < -0.39 is 24.0 Å². The first-order valence-corrected chi connectivity index (χ1v) is 11.4. The van der Waals surface area contributed by atoms with Crippen molar-refractivity contribution >= 4 is 34.5 Å². The Kier molecular flexibility index (Phi) is 6.29. The number of nitrogens with zero attached hydrogens (tertiary/aromatic N) is 1. The summed E-state index contributed by atoms with van der Waals surface area (Å²) in [7, 11) is 0. The largest absolute Gasteiger partial charge is 0.380 e. The highest BCUT2D eigenvalue weighted by atomic mass is 32.1. The molecule has 1 aromatic carbocycles. The molecule has 0 unspecified atom stereocenters. The van der Waals surface area contributed by atoms with Crippen LogP contribution >= 0.6 is 22.7 Å². The fourth-order valence-electron chi connectivity index (χ4n) is 3.46. The first kappa shape index (κ1) is 20.7. The molecule has 8 heteroatoms. The van der Waals surface area contributed by atoms with Gasteiger partial charge in [-0.15, -0.1) is 22.7 Å². The van der Waals surface area contributed by atoms with Gasteiger partial charge in [-0.2, -0.15) is 0 Å². The van der Waals surface area contributed by atoms with Gasteiger partial charge in [0.15, 0.2) is 12.2 Å². The molecular formula is C22H22N2O4S2. The molecule has 4 rings (SSSR count). The van der Waals surface area contributed by atoms with Gasteiger partial charge in [0.25, 0.3) is 11.8 Å². The number of carbonyl (C=O) groups excluding carboxylic acids is 2. The van der Waals surface area contributed by atoms with Crippen molar-refractivity contribution in [1.82, 2.24) is 10.2 Å². The third kappa shape index (κ3) is 4.62. The van der Waals surface area contributed by atoms with Crippen molar-refractivity contribution in [2.45, 2.75) is 38.3 Å². The van der Waals surface area contributed by atoms with Gasteiger partial charge in [0.05, 0.1) is 6.54 Å². The topological polar surface area (TPSA) is 89.9 Å². The van der Waals surface area contributed by atoms with E-state index in [1.807, 2.05) is 47.2 Å². The van der Waals surface area contributed by atoms with Gasteiger partial charge in [0.2, 0.25) is 0 Å². The Hall–Kier alpha value is -2.52. The summed E-state index contributed by atoms with van der Waals surface area (Å²) in [4.78, 5) is 28.5. The van der Waals surface area contributed by atoms with E-state index in [2.05, 4.69) is 11.4 Å². The van der Waals surface area contributed by atoms with Crippen molar-refractivity contribution in [2.75, 3.05) is 0 Å². The van der Waals surface area contributed by atoms with Crippen LogP contribution in [0.15, 0.2) is 53.2 Å². The quantitative estimate of drug-likeness (QED) is 0.524. The van der Waals surface area contributed by atoms with Crippen molar-refractivity contribution in [3.63, 3.8) is 0 Å². The lowest BCUT2D eigenvalue weighted by molar-refractivity contribution is -0.153. The van der Waals surface area contributed by atoms with Crippen LogP contribution in [0.1, 0.15) is 26.4 Å². The maximum atomic E-state index is 12.5. The molecule has 0 spiro atoms. The smallest absolute Gasteiger partial charge is 0.255 e. The second-order valence-corrected chi connectivity index (χ2v) is 9.28. The monoisotopic (exact) mass is 442 g/mol. The third-order valence-electron chi connectivity index (χ3n) is 5.08. The number of thiophene rings is 2. The third-order valence-corrected chi connectivity index (χ3v) is 6.94. The molecule has 2 atom stereocenters. The molecule has 0 radical (unpaired) electrons. The zero-order valence-corrected chi connectivity index (χ0v) is 17.8. The molecule has 0 fully saturated rings. The predicted molar refractivity (Wildman–Crippen MR) is 116 cm³/mol. The average Bonchev–Trinajstić information content (AvgIpc) is 3.51. The van der Waals surface area contributed by atoms with Crippen LogP contribution in [0.3, 0.4) is 0 Å². The van der Waals surface area contributed by atoms with E-state index in [1.54, 1.807) is 11.3 Å². The SMILES string of the molecule is O=C(NCc1cc(Cc2cccs2)cs1)[C@H](O)[C@@H](O)C(=O)N1Cc2ccccc2C1. The number of nitrogens with one attached hydrogen (secondary N) is 1. The van der Waals surface area contributed by atoms with E-state index in [-0.39, 0.29) is 6.54 Å². The fraction of sp³-hybridized carbons (Fsp3) is 0.273. The van der Waals surface area contributed by atoms with Crippen LogP contribution < -0.4 is 5.32 Å². The first-order valence-electron chi connectivity index (χ1n) is 9.59. The average molecular weight is 443 g/mol. The fourth-order valence-corrected chi connectivity index (χ4v) is 5.03. The molecule has 156 valence electrons. The van der Waals surface area contributed by atoms with E-state index in [9.17, 15) is 19.8 Å². The molecule has 0 bridgehead atoms. The van der Waals surface area contributed by atoms with Crippen molar-refractivity contribution in [3.8, 4) is 0 Å². The number of fused-ring (bicyclic) bond motifs is 1. The Morgan fingerprint density at radius 1 is 1.00 bits per heavy atom. The molecule has 0 saturated carbocycles. The zero-order valence-electron chi connectivity index (χ0n) is 16.2. The number of aliphatic hydroxyl groups is 2. The molecule has 2 aromatic heterocycles. The Morgan fingerprint density at radius 2 is 1.73 bits per heavy atom. The van der Waals surface area contributed by atoms with Crippen LogP contribution in [-0.4, -0.2) is 39.1 Å². The van der Waals surface area contributed by atoms with Gasteiger partial charge in [-0.25, -0.2) is 0 Å². The number of benzene rings is 1. The van der Waals surface area contributed by atoms with Crippen LogP contribution in [0.5, 0.6) is 0 Å². The number of amides is 2. The van der Waals surface area contributed by atoms with Gasteiger partial charge >= 0.3 is 0 Å². The second-order valence-electron chi connectivity index (χ2n) is 7.25. The number of hydrogen-bond donors (Lipinski definition) is 3. The molecule has 2 amide bonds. The van der Waals surface area contributed by atoms with Gasteiger partial charge in [0.1, 0.15) is 0 Å². The Morgan fingerprint density at radius 3 is 2.40 bits per heavy atom. The van der Waals surface area contributed by atoms with Crippen molar-refractivity contribution in [3.05, 3.63) is 79.7 Å². The highest BCUT2D eigenvalue weighted by Crippen LogP contribution is 2.23. The maximum absolute atomic E-state index is 12.5. The van der Waals surface area contributed by atoms with Gasteiger partial charge < -0.3 is 20.4 Å². The van der Waals surface area contributed by atoms with Crippen molar-refractivity contribution in [2.24, 2.45) is 0 Å². The normalized spacial score (nSPS) is 14.9. The lowest BCUT2D eigenvalue weighted by atomic mass is 10.1. The van der Waals surface area contributed by atoms with Crippen LogP contribution in [0.4, 0.5) is 0 Å². The molecule has 0 saturated heterocycles. The predicted octanol–water partition coefficient (Wildman–Crippen LogP) is 2.28. The summed E-state index contributed by atoms with van der Waals surface area (Å²) in [6.07, 6.45) is -2.76. The minimum absolute atomic E-state index is 0.237. The summed E-state index contributed by atoms with van der Waals surface area (Å²) in [5.41, 5.74) is 3.18. The highest BCUT2D eigenvalue weighted by molar-refractivity contribution is 7.10. The standard InChI is InChI=1S/C22H22N2O4S2/c25-19(20(26)22(28)24-11-15-4-1-2-5-16(15)12-24)21(27)23-10-18-9-14(13-30-18)8-17-6-3-7-29-17/h1-7,9,13,19-20,25-26H,8,10-12H2,(H,23,27)/t19-,20-/m1/s1.